The molecule has 11 rings (SSSR count). The molecule has 0 aliphatic rings. The largest absolute Gasteiger partial charge is 0.236 e. The Bertz CT molecular complexity index is 3150. The van der Waals surface area contributed by atoms with E-state index >= 15 is 0 Å². The number of fused-ring (bicyclic) bond motifs is 12. The van der Waals surface area contributed by atoms with Gasteiger partial charge in [-0.3, -0.25) is 0 Å². The first kappa shape index (κ1) is 28.5. The van der Waals surface area contributed by atoms with Crippen molar-refractivity contribution in [2.75, 3.05) is 0 Å². The molecule has 11 aromatic rings. The first-order valence-electron chi connectivity index (χ1n) is 17.5. The fourth-order valence-electron chi connectivity index (χ4n) is 8.28. The Morgan fingerprint density at radius 1 is 0.333 bits per heavy atom. The smallest absolute Gasteiger partial charge is 0.124 e. The van der Waals surface area contributed by atoms with Crippen LogP contribution in [0.15, 0.2) is 176 Å². The third-order valence-corrected chi connectivity index (χ3v) is 11.8. The highest BCUT2D eigenvalue weighted by molar-refractivity contribution is 7.22. The number of rotatable bonds is 3. The first-order chi connectivity index (χ1) is 25.3. The van der Waals surface area contributed by atoms with Gasteiger partial charge in [0.05, 0.1) is 10.2 Å². The highest BCUT2D eigenvalue weighted by atomic mass is 32.1. The van der Waals surface area contributed by atoms with E-state index in [2.05, 4.69) is 176 Å². The zero-order valence-corrected chi connectivity index (χ0v) is 28.4. The third kappa shape index (κ3) is 4.37. The van der Waals surface area contributed by atoms with Gasteiger partial charge < -0.3 is 0 Å². The molecule has 0 radical (unpaired) electrons. The lowest BCUT2D eigenvalue weighted by Crippen LogP contribution is -1.88. The fraction of sp³-hybridized carbons (Fsp3) is 0. The molecule has 0 aliphatic carbocycles. The van der Waals surface area contributed by atoms with Crippen molar-refractivity contribution < 1.29 is 0 Å². The fourth-order valence-corrected chi connectivity index (χ4v) is 9.42. The molecule has 0 atom stereocenters. The minimum atomic E-state index is 1.05. The molecule has 1 aromatic heterocycles. The second-order valence-corrected chi connectivity index (χ2v) is 14.5. The van der Waals surface area contributed by atoms with Crippen LogP contribution in [-0.4, -0.2) is 4.98 Å². The number of thiazole rings is 1. The summed E-state index contributed by atoms with van der Waals surface area (Å²) < 4.78 is 1.25. The maximum atomic E-state index is 5.04. The van der Waals surface area contributed by atoms with Crippen LogP contribution in [0.25, 0.3) is 108 Å². The van der Waals surface area contributed by atoms with Crippen LogP contribution < -0.4 is 0 Å². The molecule has 10 aromatic carbocycles. The summed E-state index contributed by atoms with van der Waals surface area (Å²) in [7, 11) is 0. The molecular formula is C49H29NS. The van der Waals surface area contributed by atoms with Gasteiger partial charge in [-0.05, 0) is 99.7 Å². The van der Waals surface area contributed by atoms with Crippen molar-refractivity contribution in [2.45, 2.75) is 0 Å². The molecule has 1 nitrogen and oxygen atoms in total. The van der Waals surface area contributed by atoms with Gasteiger partial charge in [0, 0.05) is 10.9 Å². The van der Waals surface area contributed by atoms with E-state index in [1.54, 1.807) is 11.3 Å². The monoisotopic (exact) mass is 663 g/mol. The van der Waals surface area contributed by atoms with Crippen LogP contribution in [0.3, 0.4) is 0 Å². The SMILES string of the molecule is c1ccc(-c2nc3ccc4ccc5cc(-c6ccc(-c7ccc8c9ccccc9c9ccccc9c8c7)c7ccccc67)ccc5c4c3s2)cc1. The van der Waals surface area contributed by atoms with E-state index in [9.17, 15) is 0 Å². The molecule has 51 heavy (non-hydrogen) atoms. The van der Waals surface area contributed by atoms with Crippen molar-refractivity contribution in [3.63, 3.8) is 0 Å². The maximum Gasteiger partial charge on any atom is 0.124 e. The molecule has 0 spiro atoms. The van der Waals surface area contributed by atoms with Crippen LogP contribution in [0.2, 0.25) is 0 Å². The van der Waals surface area contributed by atoms with Gasteiger partial charge in [-0.1, -0.05) is 158 Å². The van der Waals surface area contributed by atoms with Crippen LogP contribution in [0.4, 0.5) is 0 Å². The molecule has 0 saturated heterocycles. The summed E-state index contributed by atoms with van der Waals surface area (Å²) in [5.41, 5.74) is 7.17. The van der Waals surface area contributed by atoms with Crippen LogP contribution in [0.5, 0.6) is 0 Å². The second-order valence-electron chi connectivity index (χ2n) is 13.5. The van der Waals surface area contributed by atoms with E-state index in [-0.39, 0.29) is 0 Å². The number of nitrogens with zero attached hydrogens (tertiary/aromatic N) is 1. The quantitative estimate of drug-likeness (QED) is 0.171. The zero-order valence-electron chi connectivity index (χ0n) is 27.6. The van der Waals surface area contributed by atoms with Crippen LogP contribution in [0, 0.1) is 0 Å². The van der Waals surface area contributed by atoms with Gasteiger partial charge in [-0.15, -0.1) is 11.3 Å². The summed E-state index contributed by atoms with van der Waals surface area (Å²) in [6.07, 6.45) is 0. The van der Waals surface area contributed by atoms with E-state index in [0.717, 1.165) is 16.1 Å². The Morgan fingerprint density at radius 2 is 0.843 bits per heavy atom. The number of benzene rings is 10. The van der Waals surface area contributed by atoms with Crippen LogP contribution in [0.1, 0.15) is 0 Å². The highest BCUT2D eigenvalue weighted by Gasteiger charge is 2.15. The van der Waals surface area contributed by atoms with Crippen molar-refractivity contribution in [1.29, 1.82) is 0 Å². The zero-order chi connectivity index (χ0) is 33.5. The second kappa shape index (κ2) is 11.1. The molecule has 2 heteroatoms. The van der Waals surface area contributed by atoms with Gasteiger partial charge >= 0.3 is 0 Å². The molecule has 0 N–H and O–H groups in total. The Labute approximate surface area is 298 Å². The summed E-state index contributed by atoms with van der Waals surface area (Å²) in [5.74, 6) is 0. The molecule has 0 saturated carbocycles. The van der Waals surface area contributed by atoms with E-state index in [1.165, 1.54) is 91.6 Å². The van der Waals surface area contributed by atoms with Crippen molar-refractivity contribution in [3.8, 4) is 32.8 Å². The molecule has 0 unspecified atom stereocenters. The summed E-state index contributed by atoms with van der Waals surface area (Å²) in [6.45, 7) is 0. The van der Waals surface area contributed by atoms with Crippen LogP contribution in [-0.2, 0) is 0 Å². The average molecular weight is 664 g/mol. The maximum absolute atomic E-state index is 5.04. The molecule has 0 bridgehead atoms. The average Bonchev–Trinajstić information content (AvgIpc) is 3.65. The van der Waals surface area contributed by atoms with Gasteiger partial charge in [-0.2, -0.15) is 0 Å². The topological polar surface area (TPSA) is 12.9 Å². The van der Waals surface area contributed by atoms with Crippen molar-refractivity contribution in [3.05, 3.63) is 176 Å². The Morgan fingerprint density at radius 3 is 1.51 bits per heavy atom. The van der Waals surface area contributed by atoms with Gasteiger partial charge in [0.25, 0.3) is 0 Å². The van der Waals surface area contributed by atoms with E-state index in [4.69, 9.17) is 4.98 Å². The predicted molar refractivity (Wildman–Crippen MR) is 221 cm³/mol. The summed E-state index contributed by atoms with van der Waals surface area (Å²) in [4.78, 5) is 5.04. The predicted octanol–water partition coefficient (Wildman–Crippen LogP) is 14.2. The first-order valence-corrected chi connectivity index (χ1v) is 18.3. The minimum absolute atomic E-state index is 1.05. The number of hydrogen-bond donors (Lipinski definition) is 0. The lowest BCUT2D eigenvalue weighted by atomic mass is 9.89. The van der Waals surface area contributed by atoms with Crippen molar-refractivity contribution in [2.24, 2.45) is 0 Å². The minimum Gasteiger partial charge on any atom is -0.236 e. The van der Waals surface area contributed by atoms with E-state index in [1.807, 2.05) is 0 Å². The van der Waals surface area contributed by atoms with Gasteiger partial charge in [-0.25, -0.2) is 4.98 Å². The molecular weight excluding hydrogens is 635 g/mol. The standard InChI is InChI=1S/C49H29NS/c1-2-10-31(11-3-1)49-50-46-27-22-30-18-19-33-28-32(20-23-37(33)47(30)48(46)51-49)35-25-26-36(39-13-5-4-12-38(35)39)34-21-24-44-42-16-7-6-14-40(42)41-15-8-9-17-43(41)45(44)29-34/h1-29H. The number of hydrogen-bond acceptors (Lipinski definition) is 2. The van der Waals surface area contributed by atoms with Crippen molar-refractivity contribution >= 4 is 86.2 Å². The van der Waals surface area contributed by atoms with Gasteiger partial charge in [0.1, 0.15) is 5.01 Å². The molecule has 1 heterocycles. The third-order valence-electron chi connectivity index (χ3n) is 10.7. The van der Waals surface area contributed by atoms with Gasteiger partial charge in [0.15, 0.2) is 0 Å². The summed E-state index contributed by atoms with van der Waals surface area (Å²) in [5, 5.41) is 16.4. The van der Waals surface area contributed by atoms with E-state index < -0.39 is 0 Å². The molecule has 0 amide bonds. The Hall–Kier alpha value is -6.35. The molecule has 236 valence electrons. The molecule has 0 aliphatic heterocycles. The number of aromatic nitrogens is 1. The lowest BCUT2D eigenvalue weighted by molar-refractivity contribution is 1.48. The Kier molecular flexibility index (Phi) is 6.19. The lowest BCUT2D eigenvalue weighted by Gasteiger charge is -2.15. The van der Waals surface area contributed by atoms with Gasteiger partial charge in [0.2, 0.25) is 0 Å². The van der Waals surface area contributed by atoms with E-state index in [0.29, 0.717) is 0 Å². The molecule has 0 fully saturated rings. The highest BCUT2D eigenvalue weighted by Crippen LogP contribution is 2.42. The Balaban J connectivity index is 1.07. The summed E-state index contributed by atoms with van der Waals surface area (Å²) in [6, 6.07) is 64.5. The van der Waals surface area contributed by atoms with Crippen molar-refractivity contribution in [1.82, 2.24) is 4.98 Å². The van der Waals surface area contributed by atoms with Crippen LogP contribution >= 0.6 is 11.3 Å². The summed E-state index contributed by atoms with van der Waals surface area (Å²) >= 11 is 1.79. The normalized spacial score (nSPS) is 11.9.